The van der Waals surface area contributed by atoms with Gasteiger partial charge >= 0.3 is 5.69 Å². The van der Waals surface area contributed by atoms with Gasteiger partial charge in [-0.3, -0.25) is 13.9 Å². The van der Waals surface area contributed by atoms with Crippen LogP contribution in [-0.2, 0) is 20.1 Å². The molecule has 0 unspecified atom stereocenters. The van der Waals surface area contributed by atoms with Crippen molar-refractivity contribution in [2.45, 2.75) is 19.2 Å². The van der Waals surface area contributed by atoms with Gasteiger partial charge in [0, 0.05) is 17.8 Å². The third kappa shape index (κ3) is 3.24. The average Bonchev–Trinajstić information content (AvgIpc) is 3.16. The highest BCUT2D eigenvalue weighted by molar-refractivity contribution is 6.30. The zero-order valence-corrected chi connectivity index (χ0v) is 17.5. The molecular formula is C22H20ClN5O3. The molecule has 5 rings (SSSR count). The maximum absolute atomic E-state index is 13.4. The van der Waals surface area contributed by atoms with Crippen LogP contribution in [0.25, 0.3) is 11.2 Å². The molecule has 2 aromatic carbocycles. The molecule has 2 aromatic heterocycles. The molecule has 158 valence electrons. The van der Waals surface area contributed by atoms with Crippen LogP contribution in [0.2, 0.25) is 5.02 Å². The quantitative estimate of drug-likeness (QED) is 0.530. The molecule has 1 N–H and O–H groups in total. The molecule has 8 nitrogen and oxygen atoms in total. The van der Waals surface area contributed by atoms with Crippen LogP contribution in [-0.4, -0.2) is 36.4 Å². The van der Waals surface area contributed by atoms with E-state index in [1.165, 1.54) is 9.13 Å². The van der Waals surface area contributed by atoms with Crippen LogP contribution in [0.5, 0.6) is 0 Å². The fourth-order valence-corrected chi connectivity index (χ4v) is 4.17. The van der Waals surface area contributed by atoms with Gasteiger partial charge in [-0.2, -0.15) is 4.98 Å². The largest absolute Gasteiger partial charge is 0.389 e. The Balaban J connectivity index is 1.72. The Morgan fingerprint density at radius 3 is 2.48 bits per heavy atom. The van der Waals surface area contributed by atoms with Crippen LogP contribution in [0, 0.1) is 0 Å². The van der Waals surface area contributed by atoms with Gasteiger partial charge < -0.3 is 14.6 Å². The molecule has 31 heavy (non-hydrogen) atoms. The number of aliphatic hydroxyl groups excluding tert-OH is 1. The minimum atomic E-state index is -0.688. The summed E-state index contributed by atoms with van der Waals surface area (Å²) < 4.78 is 4.28. The number of aliphatic hydroxyl groups is 1. The Morgan fingerprint density at radius 2 is 1.77 bits per heavy atom. The predicted molar refractivity (Wildman–Crippen MR) is 119 cm³/mol. The lowest BCUT2D eigenvalue weighted by molar-refractivity contribution is 0.154. The number of benzene rings is 2. The number of rotatable bonds is 3. The standard InChI is InChI=1S/C22H20ClN5O3/c1-25-19-18(20(30)28(22(25)31)11-14-7-9-15(23)10-8-14)27-13-17(29)12-26(21(27)24-19)16-5-3-2-4-6-16/h2-10,17,29H,11-13H2,1H3/t17-/m0/s1. The summed E-state index contributed by atoms with van der Waals surface area (Å²) in [5.74, 6) is 0.530. The molecule has 0 radical (unpaired) electrons. The molecular weight excluding hydrogens is 418 g/mol. The Hall–Kier alpha value is -3.36. The number of para-hydroxylation sites is 1. The van der Waals surface area contributed by atoms with Gasteiger partial charge in [-0.1, -0.05) is 41.9 Å². The lowest BCUT2D eigenvalue weighted by Gasteiger charge is -2.32. The van der Waals surface area contributed by atoms with Crippen LogP contribution >= 0.6 is 11.6 Å². The van der Waals surface area contributed by atoms with E-state index in [9.17, 15) is 14.7 Å². The zero-order chi connectivity index (χ0) is 21.7. The topological polar surface area (TPSA) is 85.3 Å². The average molecular weight is 438 g/mol. The first kappa shape index (κ1) is 19.6. The third-order valence-corrected chi connectivity index (χ3v) is 5.81. The van der Waals surface area contributed by atoms with E-state index in [4.69, 9.17) is 11.6 Å². The summed E-state index contributed by atoms with van der Waals surface area (Å²) in [6.07, 6.45) is -0.688. The number of halogens is 1. The Morgan fingerprint density at radius 1 is 1.06 bits per heavy atom. The summed E-state index contributed by atoms with van der Waals surface area (Å²) in [6.45, 7) is 0.688. The highest BCUT2D eigenvalue weighted by Gasteiger charge is 2.30. The number of fused-ring (bicyclic) bond motifs is 3. The van der Waals surface area contributed by atoms with Crippen molar-refractivity contribution in [3.8, 4) is 0 Å². The predicted octanol–water partition coefficient (Wildman–Crippen LogP) is 2.11. The van der Waals surface area contributed by atoms with E-state index >= 15 is 0 Å². The lowest BCUT2D eigenvalue weighted by Crippen LogP contribution is -2.41. The number of β-amino-alcohol motifs (C(OH)–C–C–N with tert-alkyl or cyclic N) is 1. The summed E-state index contributed by atoms with van der Waals surface area (Å²) in [4.78, 5) is 32.9. The highest BCUT2D eigenvalue weighted by Crippen LogP contribution is 2.30. The number of aryl methyl sites for hydroxylation is 1. The summed E-state index contributed by atoms with van der Waals surface area (Å²) in [5.41, 5.74) is 1.35. The van der Waals surface area contributed by atoms with Crippen LogP contribution in [0.1, 0.15) is 5.56 Å². The van der Waals surface area contributed by atoms with Gasteiger partial charge in [-0.05, 0) is 29.8 Å². The van der Waals surface area contributed by atoms with Crippen molar-refractivity contribution in [3.05, 3.63) is 86.0 Å². The fourth-order valence-electron chi connectivity index (χ4n) is 4.04. The first-order chi connectivity index (χ1) is 14.9. The van der Waals surface area contributed by atoms with Gasteiger partial charge in [0.1, 0.15) is 0 Å². The molecule has 4 aromatic rings. The third-order valence-electron chi connectivity index (χ3n) is 5.56. The minimum Gasteiger partial charge on any atom is -0.389 e. The van der Waals surface area contributed by atoms with E-state index in [0.29, 0.717) is 28.7 Å². The Kier molecular flexibility index (Phi) is 4.68. The summed E-state index contributed by atoms with van der Waals surface area (Å²) in [7, 11) is 1.60. The molecule has 3 heterocycles. The van der Waals surface area contributed by atoms with Gasteiger partial charge in [0.05, 0.1) is 25.7 Å². The molecule has 0 spiro atoms. The van der Waals surface area contributed by atoms with E-state index in [0.717, 1.165) is 11.3 Å². The van der Waals surface area contributed by atoms with E-state index in [1.54, 1.807) is 35.9 Å². The molecule has 1 aliphatic rings. The molecule has 0 aliphatic carbocycles. The summed E-state index contributed by atoms with van der Waals surface area (Å²) in [5, 5.41) is 11.1. The lowest BCUT2D eigenvalue weighted by atomic mass is 10.2. The van der Waals surface area contributed by atoms with Crippen molar-refractivity contribution in [2.24, 2.45) is 7.05 Å². The van der Waals surface area contributed by atoms with Gasteiger partial charge in [-0.15, -0.1) is 0 Å². The van der Waals surface area contributed by atoms with E-state index < -0.39 is 17.4 Å². The molecule has 1 aliphatic heterocycles. The number of hydrogen-bond donors (Lipinski definition) is 1. The molecule has 0 bridgehead atoms. The normalized spacial score (nSPS) is 16.0. The summed E-state index contributed by atoms with van der Waals surface area (Å²) in [6, 6.07) is 16.6. The van der Waals surface area contributed by atoms with Crippen molar-refractivity contribution in [3.63, 3.8) is 0 Å². The van der Waals surface area contributed by atoms with E-state index in [1.807, 2.05) is 35.2 Å². The van der Waals surface area contributed by atoms with Crippen molar-refractivity contribution >= 4 is 34.4 Å². The first-order valence-electron chi connectivity index (χ1n) is 9.89. The van der Waals surface area contributed by atoms with Crippen LogP contribution < -0.4 is 16.1 Å². The van der Waals surface area contributed by atoms with Crippen molar-refractivity contribution < 1.29 is 5.11 Å². The maximum Gasteiger partial charge on any atom is 0.332 e. The Labute approximate surface area is 182 Å². The van der Waals surface area contributed by atoms with Crippen molar-refractivity contribution in [2.75, 3.05) is 11.4 Å². The number of hydrogen-bond acceptors (Lipinski definition) is 5. The van der Waals surface area contributed by atoms with Crippen LogP contribution in [0.3, 0.4) is 0 Å². The van der Waals surface area contributed by atoms with Gasteiger partial charge in [0.15, 0.2) is 11.2 Å². The summed E-state index contributed by atoms with van der Waals surface area (Å²) >= 11 is 5.95. The second-order valence-electron chi connectivity index (χ2n) is 7.65. The van der Waals surface area contributed by atoms with Crippen LogP contribution in [0.4, 0.5) is 11.6 Å². The SMILES string of the molecule is Cn1c(=O)n(Cc2ccc(Cl)cc2)c(=O)c2c1nc1n2C[C@@H](O)CN1c1ccccc1. The van der Waals surface area contributed by atoms with Gasteiger partial charge in [-0.25, -0.2) is 4.79 Å². The smallest absolute Gasteiger partial charge is 0.332 e. The molecule has 0 saturated carbocycles. The highest BCUT2D eigenvalue weighted by atomic mass is 35.5. The zero-order valence-electron chi connectivity index (χ0n) is 16.8. The number of nitrogens with zero attached hydrogens (tertiary/aromatic N) is 5. The molecule has 0 saturated heterocycles. The van der Waals surface area contributed by atoms with Crippen molar-refractivity contribution in [1.29, 1.82) is 0 Å². The van der Waals surface area contributed by atoms with E-state index in [2.05, 4.69) is 4.98 Å². The Bertz CT molecular complexity index is 1390. The number of imidazole rings is 1. The molecule has 9 heteroatoms. The monoisotopic (exact) mass is 437 g/mol. The number of anilines is 2. The minimum absolute atomic E-state index is 0.115. The molecule has 0 fully saturated rings. The second-order valence-corrected chi connectivity index (χ2v) is 8.09. The second kappa shape index (κ2) is 7.40. The maximum atomic E-state index is 13.4. The number of aromatic nitrogens is 4. The van der Waals surface area contributed by atoms with Gasteiger partial charge in [0.25, 0.3) is 5.56 Å². The van der Waals surface area contributed by atoms with Crippen LogP contribution in [0.15, 0.2) is 64.2 Å². The fraction of sp³-hybridized carbons (Fsp3) is 0.227. The van der Waals surface area contributed by atoms with Gasteiger partial charge in [0.2, 0.25) is 5.95 Å². The first-order valence-corrected chi connectivity index (χ1v) is 10.3. The van der Waals surface area contributed by atoms with E-state index in [-0.39, 0.29) is 13.1 Å². The molecule has 1 atom stereocenters. The molecule has 0 amide bonds. The van der Waals surface area contributed by atoms with Crippen molar-refractivity contribution in [1.82, 2.24) is 18.7 Å².